The first-order chi connectivity index (χ1) is 12.5. The lowest BCUT2D eigenvalue weighted by Crippen LogP contribution is -2.07. The normalized spacial score (nSPS) is 12.6. The summed E-state index contributed by atoms with van der Waals surface area (Å²) < 4.78 is 18.9. The second kappa shape index (κ2) is 9.10. The molecule has 0 radical (unpaired) electrons. The van der Waals surface area contributed by atoms with Crippen LogP contribution in [-0.2, 0) is 6.42 Å². The number of hydrogen-bond donors (Lipinski definition) is 3. The summed E-state index contributed by atoms with van der Waals surface area (Å²) in [6, 6.07) is 6.14. The highest BCUT2D eigenvalue weighted by molar-refractivity contribution is 5.78. The van der Waals surface area contributed by atoms with Crippen molar-refractivity contribution in [3.05, 3.63) is 59.2 Å². The van der Waals surface area contributed by atoms with Crippen LogP contribution in [-0.4, -0.2) is 30.0 Å². The van der Waals surface area contributed by atoms with Crippen LogP contribution >= 0.6 is 0 Å². The molecule has 6 heteroatoms. The van der Waals surface area contributed by atoms with E-state index in [9.17, 15) is 9.50 Å². The number of pyridine rings is 1. The van der Waals surface area contributed by atoms with E-state index >= 15 is 0 Å². The maximum atomic E-state index is 13.6. The number of aliphatic hydroxyl groups excluding tert-OH is 1. The van der Waals surface area contributed by atoms with Crippen LogP contribution in [0.5, 0.6) is 5.75 Å². The van der Waals surface area contributed by atoms with Crippen molar-refractivity contribution < 1.29 is 14.2 Å². The quantitative estimate of drug-likeness (QED) is 0.631. The standard InChI is InChI=1S/C20H24FN3O2/c1-4-23-11-14(10-22)7-15-8-17(26-3)12-24-20(15)18-6-5-16(21)9-19(18)13(2)25/h5-6,8-13,22-23,25H,4,7H2,1-3H3/b14-11-,22-10?/t13-/m1/s1. The average Bonchev–Trinajstić information content (AvgIpc) is 2.65. The third-order valence-electron chi connectivity index (χ3n) is 3.97. The maximum absolute atomic E-state index is 13.6. The van der Waals surface area contributed by atoms with E-state index in [1.807, 2.05) is 13.0 Å². The minimum atomic E-state index is -0.836. The number of rotatable bonds is 8. The fourth-order valence-corrected chi connectivity index (χ4v) is 2.67. The predicted octanol–water partition coefficient (Wildman–Crippen LogP) is 3.64. The Balaban J connectivity index is 2.58. The Morgan fingerprint density at radius 2 is 2.19 bits per heavy atom. The number of nitrogens with one attached hydrogen (secondary N) is 2. The van der Waals surface area contributed by atoms with Crippen LogP contribution in [0.4, 0.5) is 4.39 Å². The molecule has 138 valence electrons. The lowest BCUT2D eigenvalue weighted by Gasteiger charge is -2.16. The highest BCUT2D eigenvalue weighted by Crippen LogP contribution is 2.32. The molecule has 0 bridgehead atoms. The van der Waals surface area contributed by atoms with Crippen molar-refractivity contribution in [1.82, 2.24) is 10.3 Å². The van der Waals surface area contributed by atoms with Crippen LogP contribution in [0.2, 0.25) is 0 Å². The fourth-order valence-electron chi connectivity index (χ4n) is 2.67. The molecule has 0 spiro atoms. The topological polar surface area (TPSA) is 78.2 Å². The van der Waals surface area contributed by atoms with E-state index in [0.29, 0.717) is 29.0 Å². The summed E-state index contributed by atoms with van der Waals surface area (Å²) in [6.07, 6.45) is 4.28. The number of ether oxygens (including phenoxy) is 1. The first-order valence-corrected chi connectivity index (χ1v) is 8.43. The number of aromatic nitrogens is 1. The van der Waals surface area contributed by atoms with Crippen molar-refractivity contribution in [3.63, 3.8) is 0 Å². The monoisotopic (exact) mass is 357 g/mol. The molecule has 2 aromatic rings. The van der Waals surface area contributed by atoms with Crippen molar-refractivity contribution in [2.24, 2.45) is 0 Å². The van der Waals surface area contributed by atoms with E-state index in [1.165, 1.54) is 18.3 Å². The van der Waals surface area contributed by atoms with Gasteiger partial charge in [-0.05, 0) is 54.8 Å². The van der Waals surface area contributed by atoms with Crippen molar-refractivity contribution in [1.29, 1.82) is 5.41 Å². The third kappa shape index (κ3) is 4.67. The molecule has 1 heterocycles. The van der Waals surface area contributed by atoms with Crippen molar-refractivity contribution in [3.8, 4) is 17.0 Å². The van der Waals surface area contributed by atoms with Crippen LogP contribution in [0, 0.1) is 11.2 Å². The van der Waals surface area contributed by atoms with Gasteiger partial charge in [-0.25, -0.2) is 4.39 Å². The highest BCUT2D eigenvalue weighted by Gasteiger charge is 2.17. The number of hydrogen-bond acceptors (Lipinski definition) is 5. The minimum Gasteiger partial charge on any atom is -0.495 e. The molecule has 1 aromatic carbocycles. The molecule has 0 aliphatic rings. The number of aliphatic hydroxyl groups is 1. The van der Waals surface area contributed by atoms with Gasteiger partial charge in [0.1, 0.15) is 11.6 Å². The van der Waals surface area contributed by atoms with E-state index < -0.39 is 11.9 Å². The van der Waals surface area contributed by atoms with Crippen molar-refractivity contribution in [2.45, 2.75) is 26.4 Å². The Labute approximate surface area is 153 Å². The Bertz CT molecular complexity index is 804. The Morgan fingerprint density at radius 3 is 2.81 bits per heavy atom. The number of nitrogens with zero attached hydrogens (tertiary/aromatic N) is 1. The van der Waals surface area contributed by atoms with Crippen LogP contribution in [0.1, 0.15) is 31.1 Å². The lowest BCUT2D eigenvalue weighted by atomic mass is 9.94. The van der Waals surface area contributed by atoms with E-state index in [2.05, 4.69) is 10.3 Å². The Hall–Kier alpha value is -2.73. The molecule has 26 heavy (non-hydrogen) atoms. The summed E-state index contributed by atoms with van der Waals surface area (Å²) in [7, 11) is 1.56. The zero-order chi connectivity index (χ0) is 19.1. The molecule has 0 fully saturated rings. The minimum absolute atomic E-state index is 0.410. The van der Waals surface area contributed by atoms with Crippen molar-refractivity contribution in [2.75, 3.05) is 13.7 Å². The van der Waals surface area contributed by atoms with E-state index in [0.717, 1.165) is 17.7 Å². The van der Waals surface area contributed by atoms with Gasteiger partial charge in [-0.2, -0.15) is 0 Å². The van der Waals surface area contributed by atoms with E-state index in [-0.39, 0.29) is 0 Å². The van der Waals surface area contributed by atoms with Gasteiger partial charge in [0, 0.05) is 30.9 Å². The van der Waals surface area contributed by atoms with Gasteiger partial charge in [-0.1, -0.05) is 0 Å². The fraction of sp³-hybridized carbons (Fsp3) is 0.300. The number of halogens is 1. The number of benzene rings is 1. The summed E-state index contributed by atoms with van der Waals surface area (Å²) in [5.41, 5.74) is 3.35. The van der Waals surface area contributed by atoms with Gasteiger partial charge in [-0.3, -0.25) is 4.98 Å². The molecule has 0 aliphatic carbocycles. The molecule has 3 N–H and O–H groups in total. The molecular formula is C20H24FN3O2. The molecule has 2 rings (SSSR count). The third-order valence-corrected chi connectivity index (χ3v) is 3.97. The van der Waals surface area contributed by atoms with E-state index in [4.69, 9.17) is 10.1 Å². The predicted molar refractivity (Wildman–Crippen MR) is 101 cm³/mol. The lowest BCUT2D eigenvalue weighted by molar-refractivity contribution is 0.199. The summed E-state index contributed by atoms with van der Waals surface area (Å²) in [4.78, 5) is 4.48. The zero-order valence-corrected chi connectivity index (χ0v) is 15.2. The summed E-state index contributed by atoms with van der Waals surface area (Å²) in [6.45, 7) is 4.32. The molecule has 0 unspecified atom stereocenters. The van der Waals surface area contributed by atoms with Gasteiger partial charge in [0.2, 0.25) is 0 Å². The molecule has 0 saturated carbocycles. The average molecular weight is 357 g/mol. The van der Waals surface area contributed by atoms with Gasteiger partial charge in [0.05, 0.1) is 25.1 Å². The van der Waals surface area contributed by atoms with Crippen LogP contribution < -0.4 is 10.1 Å². The number of allylic oxidation sites excluding steroid dienone is 1. The van der Waals surface area contributed by atoms with Crippen LogP contribution in [0.3, 0.4) is 0 Å². The van der Waals surface area contributed by atoms with Gasteiger partial charge in [0.15, 0.2) is 0 Å². The summed E-state index contributed by atoms with van der Waals surface area (Å²) >= 11 is 0. The molecular weight excluding hydrogens is 333 g/mol. The largest absolute Gasteiger partial charge is 0.495 e. The second-order valence-corrected chi connectivity index (χ2v) is 5.89. The molecule has 0 amide bonds. The first kappa shape index (κ1) is 19.6. The van der Waals surface area contributed by atoms with Gasteiger partial charge >= 0.3 is 0 Å². The van der Waals surface area contributed by atoms with Gasteiger partial charge < -0.3 is 20.6 Å². The summed E-state index contributed by atoms with van der Waals surface area (Å²) in [5, 5.41) is 20.8. The van der Waals surface area contributed by atoms with E-state index in [1.54, 1.807) is 32.5 Å². The number of methoxy groups -OCH3 is 1. The Kier molecular flexibility index (Phi) is 6.86. The molecule has 1 atom stereocenters. The smallest absolute Gasteiger partial charge is 0.137 e. The first-order valence-electron chi connectivity index (χ1n) is 8.43. The molecule has 5 nitrogen and oxygen atoms in total. The van der Waals surface area contributed by atoms with Crippen LogP contribution in [0.25, 0.3) is 11.3 Å². The van der Waals surface area contributed by atoms with Crippen molar-refractivity contribution >= 4 is 6.21 Å². The second-order valence-electron chi connectivity index (χ2n) is 5.89. The molecule has 0 aliphatic heterocycles. The molecule has 0 saturated heterocycles. The van der Waals surface area contributed by atoms with Crippen LogP contribution in [0.15, 0.2) is 42.2 Å². The maximum Gasteiger partial charge on any atom is 0.137 e. The Morgan fingerprint density at radius 1 is 1.42 bits per heavy atom. The SMILES string of the molecule is CCN/C=C(\C=N)Cc1cc(OC)cnc1-c1ccc(F)cc1[C@@H](C)O. The van der Waals surface area contributed by atoms with Gasteiger partial charge in [-0.15, -0.1) is 0 Å². The summed E-state index contributed by atoms with van der Waals surface area (Å²) in [5.74, 6) is 0.184. The molecule has 1 aromatic heterocycles. The zero-order valence-electron chi connectivity index (χ0n) is 15.2. The van der Waals surface area contributed by atoms with Gasteiger partial charge in [0.25, 0.3) is 0 Å². The highest BCUT2D eigenvalue weighted by atomic mass is 19.1.